The number of pyridine rings is 1. The van der Waals surface area contributed by atoms with Gasteiger partial charge in [-0.2, -0.15) is 10.6 Å². The zero-order chi connectivity index (χ0) is 20.6. The molecule has 2 heterocycles. The fourth-order valence-electron chi connectivity index (χ4n) is 3.75. The normalized spacial score (nSPS) is 17.6. The fourth-order valence-corrected chi connectivity index (χ4v) is 4.67. The summed E-state index contributed by atoms with van der Waals surface area (Å²) >= 11 is 0. The Kier molecular flexibility index (Phi) is 5.64. The van der Waals surface area contributed by atoms with E-state index in [1.54, 1.807) is 24.6 Å². The number of rotatable bonds is 7. The number of ether oxygens (including phenoxy) is 1. The molecular formula is C22H30N2O4S. The lowest BCUT2D eigenvalue weighted by molar-refractivity contribution is 0.301. The summed E-state index contributed by atoms with van der Waals surface area (Å²) in [5.41, 5.74) is 2.34. The van der Waals surface area contributed by atoms with Crippen molar-refractivity contribution in [2.45, 2.75) is 37.5 Å². The van der Waals surface area contributed by atoms with Crippen LogP contribution in [0.2, 0.25) is 0 Å². The second-order valence-corrected chi connectivity index (χ2v) is 10.5. The molecule has 1 aromatic heterocycles. The quantitative estimate of drug-likeness (QED) is 0.689. The molecular weight excluding hydrogens is 388 g/mol. The van der Waals surface area contributed by atoms with Crippen molar-refractivity contribution in [2.24, 2.45) is 13.0 Å². The first-order chi connectivity index (χ1) is 13.9. The van der Waals surface area contributed by atoms with Crippen molar-refractivity contribution in [3.05, 3.63) is 40.8 Å². The van der Waals surface area contributed by atoms with E-state index in [2.05, 4.69) is 4.90 Å². The third-order valence-corrected chi connectivity index (χ3v) is 7.64. The van der Waals surface area contributed by atoms with E-state index >= 15 is 0 Å². The van der Waals surface area contributed by atoms with Crippen molar-refractivity contribution in [1.29, 1.82) is 0 Å². The monoisotopic (exact) mass is 418 g/mol. The van der Waals surface area contributed by atoms with Crippen LogP contribution in [-0.2, 0) is 7.05 Å². The number of hydrogen-bond acceptors (Lipinski definition) is 5. The Morgan fingerprint density at radius 3 is 2.55 bits per heavy atom. The summed E-state index contributed by atoms with van der Waals surface area (Å²) in [6.45, 7) is 4.21. The summed E-state index contributed by atoms with van der Waals surface area (Å²) in [4.78, 5) is 15.4. The van der Waals surface area contributed by atoms with E-state index in [1.165, 1.54) is 12.8 Å². The number of aromatic nitrogens is 1. The molecule has 0 bridgehead atoms. The Morgan fingerprint density at radius 2 is 1.90 bits per heavy atom. The maximum absolute atomic E-state index is 12.7. The third-order valence-electron chi connectivity index (χ3n) is 5.82. The lowest BCUT2D eigenvalue weighted by atomic mass is 10.1. The lowest BCUT2D eigenvalue weighted by Gasteiger charge is -2.31. The molecule has 1 saturated heterocycles. The summed E-state index contributed by atoms with van der Waals surface area (Å²) in [6.07, 6.45) is 6.39. The van der Waals surface area contributed by atoms with Crippen LogP contribution in [0.25, 0.3) is 11.1 Å². The highest BCUT2D eigenvalue weighted by atomic mass is 32.3. The molecule has 0 unspecified atom stereocenters. The molecule has 2 N–H and O–H groups in total. The molecule has 1 saturated carbocycles. The van der Waals surface area contributed by atoms with Gasteiger partial charge >= 0.3 is 0 Å². The van der Waals surface area contributed by atoms with Crippen molar-refractivity contribution in [1.82, 2.24) is 4.57 Å². The average molecular weight is 419 g/mol. The Labute approximate surface area is 173 Å². The van der Waals surface area contributed by atoms with E-state index in [4.69, 9.17) is 4.74 Å². The molecule has 6 nitrogen and oxygen atoms in total. The maximum Gasteiger partial charge on any atom is 0.273 e. The summed E-state index contributed by atoms with van der Waals surface area (Å²) in [5.74, 6) is 1.60. The zero-order valence-corrected chi connectivity index (χ0v) is 18.0. The molecule has 0 amide bonds. The number of benzene rings is 1. The van der Waals surface area contributed by atoms with Gasteiger partial charge in [-0.1, -0.05) is 0 Å². The predicted molar refractivity (Wildman–Crippen MR) is 118 cm³/mol. The average Bonchev–Trinajstić information content (AvgIpc) is 3.39. The van der Waals surface area contributed by atoms with Gasteiger partial charge in [0.2, 0.25) is 0 Å². The predicted octanol–water partition coefficient (Wildman–Crippen LogP) is 4.57. The minimum absolute atomic E-state index is 0.00917. The van der Waals surface area contributed by atoms with Gasteiger partial charge in [0, 0.05) is 43.2 Å². The van der Waals surface area contributed by atoms with Crippen LogP contribution in [0.15, 0.2) is 40.2 Å². The van der Waals surface area contributed by atoms with Crippen molar-refractivity contribution < 1.29 is 13.8 Å². The molecule has 1 aromatic carbocycles. The number of aryl methyl sites for hydroxylation is 1. The van der Waals surface area contributed by atoms with Crippen LogP contribution in [-0.4, -0.2) is 39.1 Å². The molecule has 2 fully saturated rings. The maximum atomic E-state index is 12.7. The Bertz CT molecular complexity index is 946. The van der Waals surface area contributed by atoms with Gasteiger partial charge in [-0.05, 0) is 62.8 Å². The van der Waals surface area contributed by atoms with Crippen LogP contribution >= 0.6 is 10.6 Å². The minimum Gasteiger partial charge on any atom is -0.493 e. The number of nitrogens with zero attached hydrogens (tertiary/aromatic N) is 2. The Morgan fingerprint density at radius 1 is 1.17 bits per heavy atom. The summed E-state index contributed by atoms with van der Waals surface area (Å²) in [5, 5.41) is 0. The van der Waals surface area contributed by atoms with Gasteiger partial charge in [0.25, 0.3) is 5.56 Å². The zero-order valence-electron chi connectivity index (χ0n) is 17.1. The van der Waals surface area contributed by atoms with Crippen LogP contribution < -0.4 is 15.2 Å². The van der Waals surface area contributed by atoms with Gasteiger partial charge in [0.05, 0.1) is 11.5 Å². The van der Waals surface area contributed by atoms with E-state index in [0.29, 0.717) is 23.1 Å². The van der Waals surface area contributed by atoms with Crippen LogP contribution in [0.3, 0.4) is 0 Å². The van der Waals surface area contributed by atoms with Crippen molar-refractivity contribution in [3.8, 4) is 16.9 Å². The molecule has 0 atom stereocenters. The van der Waals surface area contributed by atoms with Gasteiger partial charge in [-0.25, -0.2) is 0 Å². The second kappa shape index (κ2) is 8.05. The standard InChI is InChI=1S/C22H30N2O4S/c1-3-29(26,27)18-8-9-21(28-15-16-6-7-16)19(13-18)17-12-20(22(25)23(2)14-17)24-10-4-5-11-24/h8-9,12-14,16,26-27H,3-7,10-11,15H2,1-2H3. The summed E-state index contributed by atoms with van der Waals surface area (Å²) in [7, 11) is -1.08. The molecule has 7 heteroatoms. The number of anilines is 1. The van der Waals surface area contributed by atoms with Crippen LogP contribution in [0.5, 0.6) is 5.75 Å². The Hall–Kier alpha value is -1.96. The van der Waals surface area contributed by atoms with Crippen LogP contribution in [0.4, 0.5) is 5.69 Å². The molecule has 1 aliphatic carbocycles. The van der Waals surface area contributed by atoms with Gasteiger partial charge in [0.15, 0.2) is 0 Å². The summed E-state index contributed by atoms with van der Waals surface area (Å²) < 4.78 is 28.6. The first-order valence-electron chi connectivity index (χ1n) is 10.4. The van der Waals surface area contributed by atoms with E-state index in [9.17, 15) is 13.9 Å². The van der Waals surface area contributed by atoms with Crippen molar-refractivity contribution >= 4 is 16.3 Å². The first kappa shape index (κ1) is 20.3. The van der Waals surface area contributed by atoms with Gasteiger partial charge in [-0.3, -0.25) is 13.9 Å². The van der Waals surface area contributed by atoms with Gasteiger partial charge < -0.3 is 14.2 Å². The lowest BCUT2D eigenvalue weighted by Crippen LogP contribution is -2.29. The Balaban J connectivity index is 1.80. The first-order valence-corrected chi connectivity index (χ1v) is 12.1. The van der Waals surface area contributed by atoms with E-state index < -0.39 is 10.6 Å². The highest BCUT2D eigenvalue weighted by Gasteiger charge is 2.24. The SMILES string of the molecule is CCS(O)(O)c1ccc(OCC2CC2)c(-c2cc(N3CCCC3)c(=O)n(C)c2)c1. The summed E-state index contributed by atoms with van der Waals surface area (Å²) in [6, 6.07) is 7.31. The molecule has 4 rings (SSSR count). The van der Waals surface area contributed by atoms with E-state index in [0.717, 1.165) is 42.8 Å². The van der Waals surface area contributed by atoms with Crippen LogP contribution in [0, 0.1) is 5.92 Å². The van der Waals surface area contributed by atoms with Gasteiger partial charge in [0.1, 0.15) is 11.4 Å². The van der Waals surface area contributed by atoms with Crippen LogP contribution in [0.1, 0.15) is 32.6 Å². The van der Waals surface area contributed by atoms with E-state index in [1.807, 2.05) is 24.4 Å². The third kappa shape index (κ3) is 4.32. The molecule has 1 aliphatic heterocycles. The van der Waals surface area contributed by atoms with Gasteiger partial charge in [-0.15, -0.1) is 0 Å². The van der Waals surface area contributed by atoms with Crippen molar-refractivity contribution in [3.63, 3.8) is 0 Å². The largest absolute Gasteiger partial charge is 0.493 e. The molecule has 0 spiro atoms. The molecule has 2 aliphatic rings. The van der Waals surface area contributed by atoms with E-state index in [-0.39, 0.29) is 11.3 Å². The minimum atomic E-state index is -2.84. The topological polar surface area (TPSA) is 74.9 Å². The molecule has 2 aromatic rings. The fraction of sp³-hybridized carbons (Fsp3) is 0.500. The molecule has 0 radical (unpaired) electrons. The highest BCUT2D eigenvalue weighted by Crippen LogP contribution is 2.50. The second-order valence-electron chi connectivity index (χ2n) is 8.09. The molecule has 29 heavy (non-hydrogen) atoms. The van der Waals surface area contributed by atoms with Crippen molar-refractivity contribution in [2.75, 3.05) is 30.3 Å². The molecule has 158 valence electrons. The smallest absolute Gasteiger partial charge is 0.273 e. The number of hydrogen-bond donors (Lipinski definition) is 2. The highest BCUT2D eigenvalue weighted by molar-refractivity contribution is 8.24.